The van der Waals surface area contributed by atoms with Crippen LogP contribution in [0, 0.1) is 6.92 Å². The van der Waals surface area contributed by atoms with E-state index in [2.05, 4.69) is 36.3 Å². The molecule has 0 aliphatic carbocycles. The standard InChI is InChI=1S/C15H11BrClN5/c1-8-2-4-10(7-11(8)17)18-14-20-15-19-12-6-9(16)3-5-13(12)22(15)21-14/h2-7H,1H3,(H2,18,19,20,21). The van der Waals surface area contributed by atoms with Crippen LogP contribution in [0.5, 0.6) is 0 Å². The number of fused-ring (bicyclic) bond motifs is 3. The first kappa shape index (κ1) is 13.6. The van der Waals surface area contributed by atoms with E-state index in [0.717, 1.165) is 31.8 Å². The minimum Gasteiger partial charge on any atom is -0.324 e. The highest BCUT2D eigenvalue weighted by Gasteiger charge is 2.10. The van der Waals surface area contributed by atoms with E-state index in [4.69, 9.17) is 11.6 Å². The molecular weight excluding hydrogens is 366 g/mol. The molecule has 0 unspecified atom stereocenters. The summed E-state index contributed by atoms with van der Waals surface area (Å²) < 4.78 is 2.84. The quantitative estimate of drug-likeness (QED) is 0.534. The lowest BCUT2D eigenvalue weighted by Crippen LogP contribution is -1.94. The fraction of sp³-hybridized carbons (Fsp3) is 0.0667. The number of nitrogens with zero attached hydrogens (tertiary/aromatic N) is 3. The fourth-order valence-electron chi connectivity index (χ4n) is 2.32. The van der Waals surface area contributed by atoms with Gasteiger partial charge in [-0.15, -0.1) is 0 Å². The van der Waals surface area contributed by atoms with E-state index in [1.807, 2.05) is 47.8 Å². The smallest absolute Gasteiger partial charge is 0.253 e. The number of benzene rings is 2. The Bertz CT molecular complexity index is 1000. The lowest BCUT2D eigenvalue weighted by atomic mass is 10.2. The summed E-state index contributed by atoms with van der Waals surface area (Å²) in [5.74, 6) is 1.24. The van der Waals surface area contributed by atoms with E-state index >= 15 is 0 Å². The molecule has 0 atom stereocenters. The molecule has 2 aromatic heterocycles. The molecule has 4 rings (SSSR count). The first-order valence-corrected chi connectivity index (χ1v) is 7.84. The molecule has 0 aliphatic rings. The van der Waals surface area contributed by atoms with Crippen molar-refractivity contribution in [3.63, 3.8) is 0 Å². The van der Waals surface area contributed by atoms with Gasteiger partial charge >= 0.3 is 0 Å². The van der Waals surface area contributed by atoms with E-state index < -0.39 is 0 Å². The van der Waals surface area contributed by atoms with Crippen molar-refractivity contribution in [3.05, 3.63) is 51.5 Å². The second-order valence-electron chi connectivity index (χ2n) is 5.04. The van der Waals surface area contributed by atoms with Crippen LogP contribution in [0.15, 0.2) is 40.9 Å². The zero-order valence-electron chi connectivity index (χ0n) is 11.6. The van der Waals surface area contributed by atoms with Gasteiger partial charge in [0.25, 0.3) is 5.78 Å². The summed E-state index contributed by atoms with van der Waals surface area (Å²) >= 11 is 9.58. The summed E-state index contributed by atoms with van der Waals surface area (Å²) in [7, 11) is 0. The molecule has 0 radical (unpaired) electrons. The number of H-pyrrole nitrogens is 1. The normalized spacial score (nSPS) is 11.4. The Hall–Kier alpha value is -2.05. The Morgan fingerprint density at radius 2 is 2.05 bits per heavy atom. The van der Waals surface area contributed by atoms with Gasteiger partial charge in [0, 0.05) is 15.2 Å². The molecule has 4 aromatic rings. The van der Waals surface area contributed by atoms with Gasteiger partial charge in [0.15, 0.2) is 0 Å². The average molecular weight is 377 g/mol. The zero-order valence-corrected chi connectivity index (χ0v) is 13.9. The third kappa shape index (κ3) is 2.24. The van der Waals surface area contributed by atoms with Crippen LogP contribution in [0.3, 0.4) is 0 Å². The molecular formula is C15H11BrClN5. The van der Waals surface area contributed by atoms with E-state index in [0.29, 0.717) is 11.7 Å². The number of aryl methyl sites for hydroxylation is 1. The Kier molecular flexibility index (Phi) is 3.09. The summed E-state index contributed by atoms with van der Waals surface area (Å²) in [6, 6.07) is 11.7. The second-order valence-corrected chi connectivity index (χ2v) is 6.36. The maximum Gasteiger partial charge on any atom is 0.253 e. The molecule has 0 aliphatic heterocycles. The minimum absolute atomic E-state index is 0.618. The number of nitrogens with one attached hydrogen (secondary N) is 2. The summed E-state index contributed by atoms with van der Waals surface area (Å²) in [5.41, 5.74) is 3.77. The fourth-order valence-corrected chi connectivity index (χ4v) is 2.85. The third-order valence-corrected chi connectivity index (χ3v) is 4.36. The Morgan fingerprint density at radius 1 is 1.18 bits per heavy atom. The largest absolute Gasteiger partial charge is 0.324 e. The van der Waals surface area contributed by atoms with E-state index in [1.165, 1.54) is 0 Å². The van der Waals surface area contributed by atoms with Gasteiger partial charge in [0.1, 0.15) is 0 Å². The number of rotatable bonds is 2. The molecule has 0 fully saturated rings. The van der Waals surface area contributed by atoms with Crippen molar-refractivity contribution in [1.82, 2.24) is 19.6 Å². The minimum atomic E-state index is 0.618. The first-order valence-electron chi connectivity index (χ1n) is 6.67. The molecule has 22 heavy (non-hydrogen) atoms. The van der Waals surface area contributed by atoms with Crippen LogP contribution in [-0.2, 0) is 0 Å². The molecule has 2 heterocycles. The highest BCUT2D eigenvalue weighted by atomic mass is 79.9. The molecule has 0 amide bonds. The van der Waals surface area contributed by atoms with Gasteiger partial charge in [0.05, 0.1) is 11.0 Å². The van der Waals surface area contributed by atoms with Crippen LogP contribution >= 0.6 is 27.5 Å². The predicted molar refractivity (Wildman–Crippen MR) is 92.0 cm³/mol. The lowest BCUT2D eigenvalue weighted by molar-refractivity contribution is 1.01. The summed E-state index contributed by atoms with van der Waals surface area (Å²) in [6.45, 7) is 1.97. The third-order valence-electron chi connectivity index (χ3n) is 3.46. The summed E-state index contributed by atoms with van der Waals surface area (Å²) in [6.07, 6.45) is 0. The molecule has 2 aromatic carbocycles. The Labute approximate surface area is 139 Å². The number of aromatic amines is 1. The molecule has 0 spiro atoms. The Morgan fingerprint density at radius 3 is 2.86 bits per heavy atom. The predicted octanol–water partition coefficient (Wildman–Crippen LogP) is 4.68. The molecule has 5 nitrogen and oxygen atoms in total. The van der Waals surface area contributed by atoms with Gasteiger partial charge in [-0.1, -0.05) is 33.6 Å². The van der Waals surface area contributed by atoms with Gasteiger partial charge in [-0.2, -0.15) is 4.98 Å². The maximum absolute atomic E-state index is 6.14. The van der Waals surface area contributed by atoms with Crippen LogP contribution in [0.2, 0.25) is 5.02 Å². The van der Waals surface area contributed by atoms with Crippen molar-refractivity contribution in [3.8, 4) is 0 Å². The van der Waals surface area contributed by atoms with Gasteiger partial charge in [-0.25, -0.2) is 9.50 Å². The number of imidazole rings is 1. The van der Waals surface area contributed by atoms with Crippen molar-refractivity contribution >= 4 is 56.0 Å². The van der Waals surface area contributed by atoms with Crippen LogP contribution in [0.4, 0.5) is 11.6 Å². The van der Waals surface area contributed by atoms with E-state index in [9.17, 15) is 0 Å². The van der Waals surface area contributed by atoms with Crippen LogP contribution in [0.25, 0.3) is 16.8 Å². The molecule has 7 heteroatoms. The van der Waals surface area contributed by atoms with Crippen LogP contribution in [0.1, 0.15) is 5.56 Å². The lowest BCUT2D eigenvalue weighted by Gasteiger charge is -2.04. The Balaban J connectivity index is 1.74. The molecule has 110 valence electrons. The van der Waals surface area contributed by atoms with Crippen LogP contribution in [-0.4, -0.2) is 19.6 Å². The van der Waals surface area contributed by atoms with Crippen LogP contribution < -0.4 is 5.32 Å². The van der Waals surface area contributed by atoms with Crippen molar-refractivity contribution in [2.45, 2.75) is 6.92 Å². The topological polar surface area (TPSA) is 58.0 Å². The summed E-state index contributed by atoms with van der Waals surface area (Å²) in [4.78, 5) is 8.95. The number of hydrogen-bond acceptors (Lipinski definition) is 3. The highest BCUT2D eigenvalue weighted by Crippen LogP contribution is 2.24. The summed E-state index contributed by atoms with van der Waals surface area (Å²) in [5, 5.41) is 7.12. The zero-order chi connectivity index (χ0) is 15.3. The van der Waals surface area contributed by atoms with Crippen molar-refractivity contribution in [1.29, 1.82) is 0 Å². The SMILES string of the molecule is Cc1ccc(Nc2nc3nc4cc(Br)ccc4n3[nH]2)cc1Cl. The van der Waals surface area contributed by atoms with E-state index in [1.54, 1.807) is 0 Å². The van der Waals surface area contributed by atoms with Crippen molar-refractivity contribution in [2.24, 2.45) is 0 Å². The van der Waals surface area contributed by atoms with Gasteiger partial charge in [-0.3, -0.25) is 5.10 Å². The van der Waals surface area contributed by atoms with Gasteiger partial charge < -0.3 is 5.32 Å². The maximum atomic E-state index is 6.14. The van der Waals surface area contributed by atoms with Crippen molar-refractivity contribution in [2.75, 3.05) is 5.32 Å². The monoisotopic (exact) mass is 375 g/mol. The number of anilines is 2. The number of halogens is 2. The second kappa shape index (κ2) is 5.00. The molecule has 2 N–H and O–H groups in total. The highest BCUT2D eigenvalue weighted by molar-refractivity contribution is 9.10. The van der Waals surface area contributed by atoms with Gasteiger partial charge in [-0.05, 0) is 42.8 Å². The molecule has 0 saturated heterocycles. The van der Waals surface area contributed by atoms with Gasteiger partial charge in [0.2, 0.25) is 5.95 Å². The average Bonchev–Trinajstić information content (AvgIpc) is 2.99. The molecule has 0 saturated carbocycles. The van der Waals surface area contributed by atoms with E-state index in [-0.39, 0.29) is 0 Å². The number of hydrogen-bond donors (Lipinski definition) is 2. The molecule has 0 bridgehead atoms. The van der Waals surface area contributed by atoms with Crippen molar-refractivity contribution < 1.29 is 0 Å². The number of aromatic nitrogens is 4. The first-order chi connectivity index (χ1) is 10.6.